The standard InChI is InChI=1S/C11H10/c1-3-6-11-8-5-7-10(4-2)9-11/h2-3,5,7-9H,1,6H2. The van der Waals surface area contributed by atoms with Gasteiger partial charge in [0.1, 0.15) is 0 Å². The molecule has 1 aromatic carbocycles. The molecule has 0 amide bonds. The molecule has 0 spiro atoms. The Bertz CT molecular complexity index is 289. The van der Waals surface area contributed by atoms with Crippen LogP contribution < -0.4 is 0 Å². The molecule has 0 bridgehead atoms. The van der Waals surface area contributed by atoms with E-state index < -0.39 is 0 Å². The van der Waals surface area contributed by atoms with Gasteiger partial charge in [0.2, 0.25) is 0 Å². The summed E-state index contributed by atoms with van der Waals surface area (Å²) in [5, 5.41) is 0. The third kappa shape index (κ3) is 1.98. The van der Waals surface area contributed by atoms with Crippen molar-refractivity contribution in [2.75, 3.05) is 0 Å². The van der Waals surface area contributed by atoms with Crippen molar-refractivity contribution in [2.24, 2.45) is 0 Å². The Kier molecular flexibility index (Phi) is 2.52. The topological polar surface area (TPSA) is 0 Å². The first kappa shape index (κ1) is 7.63. The minimum atomic E-state index is 0.884. The lowest BCUT2D eigenvalue weighted by atomic mass is 10.1. The van der Waals surface area contributed by atoms with E-state index in [-0.39, 0.29) is 0 Å². The zero-order chi connectivity index (χ0) is 8.10. The molecule has 0 nitrogen and oxygen atoms in total. The Morgan fingerprint density at radius 3 is 3.00 bits per heavy atom. The highest BCUT2D eigenvalue weighted by atomic mass is 13.9. The van der Waals surface area contributed by atoms with Crippen LogP contribution in [0.4, 0.5) is 0 Å². The van der Waals surface area contributed by atoms with Crippen LogP contribution in [0.1, 0.15) is 11.1 Å². The summed E-state index contributed by atoms with van der Waals surface area (Å²) < 4.78 is 0. The second kappa shape index (κ2) is 3.63. The van der Waals surface area contributed by atoms with Gasteiger partial charge in [0.15, 0.2) is 0 Å². The van der Waals surface area contributed by atoms with Gasteiger partial charge in [-0.15, -0.1) is 13.0 Å². The number of allylic oxidation sites excluding steroid dienone is 1. The maximum atomic E-state index is 5.24. The molecule has 0 aliphatic carbocycles. The van der Waals surface area contributed by atoms with Crippen molar-refractivity contribution >= 4 is 0 Å². The monoisotopic (exact) mass is 142 g/mol. The number of rotatable bonds is 2. The van der Waals surface area contributed by atoms with E-state index in [4.69, 9.17) is 6.42 Å². The maximum Gasteiger partial charge on any atom is 0.0245 e. The van der Waals surface area contributed by atoms with E-state index in [2.05, 4.69) is 12.5 Å². The van der Waals surface area contributed by atoms with Crippen LogP contribution in [0.15, 0.2) is 36.9 Å². The molecule has 0 heterocycles. The highest BCUT2D eigenvalue weighted by molar-refractivity contribution is 5.35. The smallest absolute Gasteiger partial charge is 0.0245 e. The molecule has 11 heavy (non-hydrogen) atoms. The summed E-state index contributed by atoms with van der Waals surface area (Å²) in [7, 11) is 0. The quantitative estimate of drug-likeness (QED) is 0.439. The number of hydrogen-bond donors (Lipinski definition) is 0. The van der Waals surface area contributed by atoms with Gasteiger partial charge in [-0.1, -0.05) is 24.1 Å². The minimum absolute atomic E-state index is 0.884. The average molecular weight is 142 g/mol. The van der Waals surface area contributed by atoms with Crippen molar-refractivity contribution in [3.05, 3.63) is 48.0 Å². The van der Waals surface area contributed by atoms with Crippen molar-refractivity contribution in [3.63, 3.8) is 0 Å². The summed E-state index contributed by atoms with van der Waals surface area (Å²) in [4.78, 5) is 0. The second-order valence-corrected chi connectivity index (χ2v) is 2.34. The fraction of sp³-hybridized carbons (Fsp3) is 0.0909. The highest BCUT2D eigenvalue weighted by Gasteiger charge is 1.89. The molecule has 1 aromatic rings. The lowest BCUT2D eigenvalue weighted by Crippen LogP contribution is -1.81. The van der Waals surface area contributed by atoms with Gasteiger partial charge in [-0.25, -0.2) is 0 Å². The summed E-state index contributed by atoms with van der Waals surface area (Å²) in [6.07, 6.45) is 7.99. The van der Waals surface area contributed by atoms with Crippen molar-refractivity contribution in [2.45, 2.75) is 6.42 Å². The van der Waals surface area contributed by atoms with Gasteiger partial charge in [-0.05, 0) is 24.1 Å². The first-order chi connectivity index (χ1) is 5.36. The Labute approximate surface area is 67.6 Å². The third-order valence-electron chi connectivity index (χ3n) is 1.47. The lowest BCUT2D eigenvalue weighted by molar-refractivity contribution is 1.27. The van der Waals surface area contributed by atoms with Crippen molar-refractivity contribution in [1.29, 1.82) is 0 Å². The number of terminal acetylenes is 1. The number of benzene rings is 1. The molecule has 0 atom stereocenters. The molecule has 0 aromatic heterocycles. The normalized spacial score (nSPS) is 8.64. The molecular weight excluding hydrogens is 132 g/mol. The number of hydrogen-bond acceptors (Lipinski definition) is 0. The van der Waals surface area contributed by atoms with E-state index in [0.717, 1.165) is 12.0 Å². The molecule has 0 saturated heterocycles. The Hall–Kier alpha value is -1.48. The second-order valence-electron chi connectivity index (χ2n) is 2.34. The van der Waals surface area contributed by atoms with Crippen LogP contribution in [0, 0.1) is 12.3 Å². The van der Waals surface area contributed by atoms with Gasteiger partial charge >= 0.3 is 0 Å². The predicted molar refractivity (Wildman–Crippen MR) is 48.3 cm³/mol. The predicted octanol–water partition coefficient (Wildman–Crippen LogP) is 2.40. The van der Waals surface area contributed by atoms with Gasteiger partial charge in [0.25, 0.3) is 0 Å². The van der Waals surface area contributed by atoms with Crippen LogP contribution in [0.25, 0.3) is 0 Å². The van der Waals surface area contributed by atoms with Crippen molar-refractivity contribution in [3.8, 4) is 12.3 Å². The first-order valence-corrected chi connectivity index (χ1v) is 3.53. The molecular formula is C11H10. The van der Waals surface area contributed by atoms with Gasteiger partial charge in [0.05, 0.1) is 0 Å². The molecule has 0 aliphatic rings. The SMILES string of the molecule is C#Cc1cccc(CC=C)c1. The summed E-state index contributed by atoms with van der Waals surface area (Å²) in [5.74, 6) is 2.59. The van der Waals surface area contributed by atoms with Gasteiger partial charge < -0.3 is 0 Å². The molecule has 0 radical (unpaired) electrons. The molecule has 0 N–H and O–H groups in total. The van der Waals surface area contributed by atoms with E-state index >= 15 is 0 Å². The molecule has 54 valence electrons. The van der Waals surface area contributed by atoms with E-state index in [1.807, 2.05) is 30.3 Å². The Morgan fingerprint density at radius 1 is 1.55 bits per heavy atom. The Morgan fingerprint density at radius 2 is 2.36 bits per heavy atom. The van der Waals surface area contributed by atoms with Gasteiger partial charge in [-0.3, -0.25) is 0 Å². The average Bonchev–Trinajstić information content (AvgIpc) is 2.06. The first-order valence-electron chi connectivity index (χ1n) is 3.53. The molecule has 0 unspecified atom stereocenters. The van der Waals surface area contributed by atoms with Crippen LogP contribution in [0.2, 0.25) is 0 Å². The maximum absolute atomic E-state index is 5.24. The fourth-order valence-electron chi connectivity index (χ4n) is 0.955. The molecule has 0 heteroatoms. The van der Waals surface area contributed by atoms with Crippen LogP contribution >= 0.6 is 0 Å². The van der Waals surface area contributed by atoms with Gasteiger partial charge in [-0.2, -0.15) is 0 Å². The summed E-state index contributed by atoms with van der Waals surface area (Å²) >= 11 is 0. The summed E-state index contributed by atoms with van der Waals surface area (Å²) in [6, 6.07) is 7.94. The van der Waals surface area contributed by atoms with Crippen LogP contribution in [0.3, 0.4) is 0 Å². The van der Waals surface area contributed by atoms with Crippen molar-refractivity contribution in [1.82, 2.24) is 0 Å². The minimum Gasteiger partial charge on any atom is -0.115 e. The van der Waals surface area contributed by atoms with Crippen LogP contribution in [-0.2, 0) is 6.42 Å². The molecule has 0 saturated carbocycles. The van der Waals surface area contributed by atoms with E-state index in [0.29, 0.717) is 0 Å². The van der Waals surface area contributed by atoms with Crippen LogP contribution in [-0.4, -0.2) is 0 Å². The van der Waals surface area contributed by atoms with E-state index in [1.165, 1.54) is 5.56 Å². The lowest BCUT2D eigenvalue weighted by Gasteiger charge is -1.95. The molecule has 0 fully saturated rings. The van der Waals surface area contributed by atoms with Gasteiger partial charge in [0, 0.05) is 5.56 Å². The summed E-state index contributed by atoms with van der Waals surface area (Å²) in [5.41, 5.74) is 2.15. The van der Waals surface area contributed by atoms with Crippen LogP contribution in [0.5, 0.6) is 0 Å². The Balaban J connectivity index is 2.93. The fourth-order valence-corrected chi connectivity index (χ4v) is 0.955. The van der Waals surface area contributed by atoms with E-state index in [9.17, 15) is 0 Å². The molecule has 0 aliphatic heterocycles. The zero-order valence-corrected chi connectivity index (χ0v) is 6.38. The van der Waals surface area contributed by atoms with E-state index in [1.54, 1.807) is 0 Å². The zero-order valence-electron chi connectivity index (χ0n) is 6.38. The third-order valence-corrected chi connectivity index (χ3v) is 1.47. The largest absolute Gasteiger partial charge is 0.115 e. The highest BCUT2D eigenvalue weighted by Crippen LogP contribution is 2.04. The molecule has 1 rings (SSSR count). The van der Waals surface area contributed by atoms with Crippen molar-refractivity contribution < 1.29 is 0 Å². The summed E-state index contributed by atoms with van der Waals surface area (Å²) in [6.45, 7) is 3.66.